The summed E-state index contributed by atoms with van der Waals surface area (Å²) in [6, 6.07) is 0. The van der Waals surface area contributed by atoms with Crippen molar-refractivity contribution in [3.63, 3.8) is 0 Å². The van der Waals surface area contributed by atoms with Gasteiger partial charge in [0.05, 0.1) is 6.10 Å². The van der Waals surface area contributed by atoms with Gasteiger partial charge in [0.25, 0.3) is 0 Å². The Hall–Kier alpha value is -0.340. The van der Waals surface area contributed by atoms with Crippen LogP contribution >= 0.6 is 0 Å². The molecule has 2 heteroatoms. The number of aliphatic hydroxyl groups excluding tert-OH is 1. The highest BCUT2D eigenvalue weighted by Crippen LogP contribution is 2.67. The Kier molecular flexibility index (Phi) is 5.70. The van der Waals surface area contributed by atoms with Crippen LogP contribution in [0.25, 0.3) is 0 Å². The van der Waals surface area contributed by atoms with Gasteiger partial charge in [0.15, 0.2) is 0 Å². The summed E-state index contributed by atoms with van der Waals surface area (Å²) in [5, 5.41) is 10.3. The maximum Gasteiger partial charge on any atom is 0.0577 e. The lowest BCUT2D eigenvalue weighted by Crippen LogP contribution is -2.51. The van der Waals surface area contributed by atoms with E-state index in [2.05, 4.69) is 45.6 Å². The van der Waals surface area contributed by atoms with Crippen molar-refractivity contribution in [1.29, 1.82) is 0 Å². The molecule has 0 aromatic heterocycles. The lowest BCUT2D eigenvalue weighted by Gasteiger charge is -2.58. The minimum Gasteiger partial charge on any atom is -0.393 e. The minimum absolute atomic E-state index is 0.0822. The number of hydrogen-bond donors (Lipinski definition) is 1. The fourth-order valence-electron chi connectivity index (χ4n) is 9.85. The van der Waals surface area contributed by atoms with Crippen LogP contribution in [0.1, 0.15) is 98.8 Å². The molecule has 5 rings (SSSR count). The highest BCUT2D eigenvalue weighted by molar-refractivity contribution is 5.25. The zero-order valence-electron chi connectivity index (χ0n) is 21.1. The summed E-state index contributed by atoms with van der Waals surface area (Å²) in [6.45, 7) is 16.7. The summed E-state index contributed by atoms with van der Waals surface area (Å²) in [6.07, 6.45) is 15.6. The quantitative estimate of drug-likeness (QED) is 0.508. The van der Waals surface area contributed by atoms with Gasteiger partial charge in [-0.1, -0.05) is 46.3 Å². The molecule has 1 N–H and O–H groups in total. The predicted octanol–water partition coefficient (Wildman–Crippen LogP) is 6.68. The molecule has 1 heterocycles. The van der Waals surface area contributed by atoms with Crippen molar-refractivity contribution in [2.24, 2.45) is 45.8 Å². The highest BCUT2D eigenvalue weighted by Gasteiger charge is 2.59. The third-order valence-corrected chi connectivity index (χ3v) is 11.4. The van der Waals surface area contributed by atoms with Crippen LogP contribution in [0.4, 0.5) is 0 Å². The number of piperidine rings is 1. The van der Waals surface area contributed by atoms with E-state index in [4.69, 9.17) is 0 Å². The summed E-state index contributed by atoms with van der Waals surface area (Å²) >= 11 is 0. The van der Waals surface area contributed by atoms with Crippen LogP contribution in [0.3, 0.4) is 0 Å². The summed E-state index contributed by atoms with van der Waals surface area (Å²) in [7, 11) is 0. The molecule has 0 radical (unpaired) electrons. The van der Waals surface area contributed by atoms with Crippen molar-refractivity contribution in [3.8, 4) is 0 Å². The second kappa shape index (κ2) is 7.86. The zero-order chi connectivity index (χ0) is 22.0. The van der Waals surface area contributed by atoms with Crippen LogP contribution in [-0.4, -0.2) is 35.7 Å². The second-order valence-electron chi connectivity index (χ2n) is 13.9. The first kappa shape index (κ1) is 22.5. The molecular weight excluding hydrogens is 378 g/mol. The fourth-order valence-corrected chi connectivity index (χ4v) is 9.85. The van der Waals surface area contributed by atoms with Crippen molar-refractivity contribution >= 4 is 0 Å². The molecule has 5 aliphatic rings. The van der Waals surface area contributed by atoms with E-state index < -0.39 is 0 Å². The van der Waals surface area contributed by atoms with Gasteiger partial charge in [0.1, 0.15) is 0 Å². The van der Waals surface area contributed by atoms with Gasteiger partial charge in [0.2, 0.25) is 0 Å². The van der Waals surface area contributed by atoms with Crippen molar-refractivity contribution in [2.75, 3.05) is 19.6 Å². The highest BCUT2D eigenvalue weighted by atomic mass is 16.3. The topological polar surface area (TPSA) is 23.5 Å². The SMILES string of the molecule is C[C@H](CN1CCCC(C)(C)C1)[C@H]1CCC2C3CC=C4C[C@@H](O)CC[C@]4(C)C3CC[C@@]21C. The monoisotopic (exact) mass is 427 g/mol. The Morgan fingerprint density at radius 2 is 1.84 bits per heavy atom. The molecule has 0 aromatic rings. The van der Waals surface area contributed by atoms with E-state index in [1.165, 1.54) is 71.0 Å². The lowest BCUT2D eigenvalue weighted by atomic mass is 9.47. The molecule has 1 aliphatic heterocycles. The molecule has 4 fully saturated rings. The van der Waals surface area contributed by atoms with Crippen LogP contribution in [0.15, 0.2) is 11.6 Å². The first-order valence-electron chi connectivity index (χ1n) is 13.7. The van der Waals surface area contributed by atoms with E-state index in [1.54, 1.807) is 5.57 Å². The Morgan fingerprint density at radius 1 is 1.03 bits per heavy atom. The van der Waals surface area contributed by atoms with Gasteiger partial charge in [-0.2, -0.15) is 0 Å². The maximum atomic E-state index is 10.3. The smallest absolute Gasteiger partial charge is 0.0577 e. The summed E-state index contributed by atoms with van der Waals surface area (Å²) in [5.74, 6) is 4.44. The molecular formula is C29H49NO. The van der Waals surface area contributed by atoms with Gasteiger partial charge >= 0.3 is 0 Å². The minimum atomic E-state index is -0.0822. The number of rotatable bonds is 3. The van der Waals surface area contributed by atoms with Crippen molar-refractivity contribution in [1.82, 2.24) is 4.90 Å². The first-order chi connectivity index (χ1) is 14.6. The van der Waals surface area contributed by atoms with Crippen molar-refractivity contribution in [3.05, 3.63) is 11.6 Å². The van der Waals surface area contributed by atoms with E-state index in [9.17, 15) is 5.11 Å². The van der Waals surface area contributed by atoms with Gasteiger partial charge in [0, 0.05) is 13.1 Å². The third-order valence-electron chi connectivity index (χ3n) is 11.4. The van der Waals surface area contributed by atoms with Crippen molar-refractivity contribution in [2.45, 2.75) is 105 Å². The summed E-state index contributed by atoms with van der Waals surface area (Å²) in [4.78, 5) is 2.81. The number of fused-ring (bicyclic) bond motifs is 5. The largest absolute Gasteiger partial charge is 0.393 e. The Balaban J connectivity index is 1.31. The lowest BCUT2D eigenvalue weighted by molar-refractivity contribution is -0.0595. The molecule has 0 spiro atoms. The maximum absolute atomic E-state index is 10.3. The Bertz CT molecular complexity index is 712. The molecule has 4 aliphatic carbocycles. The summed E-state index contributed by atoms with van der Waals surface area (Å²) < 4.78 is 0. The molecule has 0 aromatic carbocycles. The van der Waals surface area contributed by atoms with Gasteiger partial charge < -0.3 is 10.0 Å². The molecule has 31 heavy (non-hydrogen) atoms. The molecule has 1 saturated heterocycles. The third kappa shape index (κ3) is 3.76. The second-order valence-corrected chi connectivity index (χ2v) is 13.9. The average Bonchev–Trinajstić information content (AvgIpc) is 3.05. The van der Waals surface area contributed by atoms with Crippen LogP contribution < -0.4 is 0 Å². The van der Waals surface area contributed by atoms with E-state index >= 15 is 0 Å². The average molecular weight is 428 g/mol. The molecule has 176 valence electrons. The number of aliphatic hydroxyl groups is 1. The van der Waals surface area contributed by atoms with E-state index in [0.29, 0.717) is 16.2 Å². The number of allylic oxidation sites excluding steroid dienone is 1. The first-order valence-corrected chi connectivity index (χ1v) is 13.7. The molecule has 8 atom stereocenters. The van der Waals surface area contributed by atoms with Crippen LogP contribution in [-0.2, 0) is 0 Å². The molecule has 2 nitrogen and oxygen atoms in total. The zero-order valence-corrected chi connectivity index (χ0v) is 21.1. The van der Waals surface area contributed by atoms with Gasteiger partial charge in [-0.25, -0.2) is 0 Å². The standard InChI is InChI=1S/C29H49NO/c1-20(18-30-16-6-13-27(2,3)19-30)24-9-10-25-23-8-7-21-17-22(31)11-14-28(21,4)26(23)12-15-29(24,25)5/h7,20,22-26,31H,6,8-19H2,1-5H3/t20-,22+,23?,24-,25?,26?,28+,29-/m1/s1. The van der Waals surface area contributed by atoms with E-state index in [0.717, 1.165) is 42.4 Å². The summed E-state index contributed by atoms with van der Waals surface area (Å²) in [5.41, 5.74) is 3.06. The van der Waals surface area contributed by atoms with Gasteiger partial charge in [-0.3, -0.25) is 0 Å². The Labute approximate surface area is 192 Å². The normalized spacial score (nSPS) is 48.3. The molecule has 0 bridgehead atoms. The van der Waals surface area contributed by atoms with Crippen LogP contribution in [0.2, 0.25) is 0 Å². The number of hydrogen-bond acceptors (Lipinski definition) is 2. The van der Waals surface area contributed by atoms with Crippen LogP contribution in [0, 0.1) is 45.8 Å². The Morgan fingerprint density at radius 3 is 2.61 bits per heavy atom. The number of likely N-dealkylation sites (tertiary alicyclic amines) is 1. The molecule has 3 saturated carbocycles. The van der Waals surface area contributed by atoms with Gasteiger partial charge in [-0.15, -0.1) is 0 Å². The van der Waals surface area contributed by atoms with E-state index in [1.807, 2.05) is 0 Å². The number of nitrogens with zero attached hydrogens (tertiary/aromatic N) is 1. The van der Waals surface area contributed by atoms with Crippen LogP contribution in [0.5, 0.6) is 0 Å². The molecule has 0 amide bonds. The molecule has 3 unspecified atom stereocenters. The van der Waals surface area contributed by atoms with Gasteiger partial charge in [-0.05, 0) is 117 Å². The van der Waals surface area contributed by atoms with Crippen molar-refractivity contribution < 1.29 is 5.11 Å². The fraction of sp³-hybridized carbons (Fsp3) is 0.931. The van der Waals surface area contributed by atoms with E-state index in [-0.39, 0.29) is 6.10 Å². The predicted molar refractivity (Wildman–Crippen MR) is 130 cm³/mol.